The fraction of sp³-hybridized carbons (Fsp3) is 0.238. The van der Waals surface area contributed by atoms with E-state index in [-0.39, 0.29) is 23.2 Å². The number of hydrogen-bond acceptors (Lipinski definition) is 3. The standard InChI is InChI=1S/C21H20F2N2O3/c1-24(2)11-12-25-18(15-5-3-4-6-16(15)23)17(20(27)21(25)28)19(26)13-7-9-14(22)10-8-13/h3-10,18,26H,11-12H2,1-2H3/p+1/t18-/m1/s1. The average molecular weight is 387 g/mol. The molecule has 1 saturated heterocycles. The number of nitrogens with one attached hydrogen (secondary N) is 1. The second-order valence-corrected chi connectivity index (χ2v) is 6.98. The number of aliphatic hydroxyl groups is 1. The van der Waals surface area contributed by atoms with Gasteiger partial charge < -0.3 is 14.9 Å². The summed E-state index contributed by atoms with van der Waals surface area (Å²) in [7, 11) is 3.79. The number of aliphatic hydroxyl groups excluding tert-OH is 1. The van der Waals surface area contributed by atoms with Crippen LogP contribution < -0.4 is 4.90 Å². The number of likely N-dealkylation sites (N-methyl/N-ethyl adjacent to an activating group) is 1. The highest BCUT2D eigenvalue weighted by molar-refractivity contribution is 6.46. The molecule has 1 amide bonds. The average Bonchev–Trinajstić information content (AvgIpc) is 2.91. The van der Waals surface area contributed by atoms with Crippen LogP contribution in [0.5, 0.6) is 0 Å². The van der Waals surface area contributed by atoms with E-state index in [9.17, 15) is 23.5 Å². The van der Waals surface area contributed by atoms with Gasteiger partial charge in [-0.3, -0.25) is 9.59 Å². The molecule has 1 fully saturated rings. The number of rotatable bonds is 5. The number of hydrogen-bond donors (Lipinski definition) is 2. The smallest absolute Gasteiger partial charge is 0.295 e. The molecular weight excluding hydrogens is 366 g/mol. The number of amides is 1. The SMILES string of the molecule is C[NH+](C)CCN1C(=O)C(=O)C(=C(O)c2ccc(F)cc2)[C@H]1c1ccccc1F. The fourth-order valence-electron chi connectivity index (χ4n) is 3.24. The summed E-state index contributed by atoms with van der Waals surface area (Å²) in [6.45, 7) is 0.751. The van der Waals surface area contributed by atoms with Crippen molar-refractivity contribution in [3.8, 4) is 0 Å². The van der Waals surface area contributed by atoms with Gasteiger partial charge >= 0.3 is 0 Å². The summed E-state index contributed by atoms with van der Waals surface area (Å²) in [5.41, 5.74) is 0.105. The van der Waals surface area contributed by atoms with Gasteiger partial charge in [-0.2, -0.15) is 0 Å². The number of quaternary nitrogens is 1. The monoisotopic (exact) mass is 387 g/mol. The van der Waals surface area contributed by atoms with Gasteiger partial charge in [0.25, 0.3) is 11.7 Å². The zero-order valence-electron chi connectivity index (χ0n) is 15.6. The number of likely N-dealkylation sites (tertiary alicyclic amines) is 1. The number of benzene rings is 2. The third-order valence-corrected chi connectivity index (χ3v) is 4.71. The molecule has 7 heteroatoms. The molecule has 0 radical (unpaired) electrons. The van der Waals surface area contributed by atoms with E-state index in [1.807, 2.05) is 14.1 Å². The number of nitrogens with zero attached hydrogens (tertiary/aromatic N) is 1. The molecule has 1 atom stereocenters. The van der Waals surface area contributed by atoms with E-state index in [0.29, 0.717) is 6.54 Å². The van der Waals surface area contributed by atoms with Crippen molar-refractivity contribution in [2.45, 2.75) is 6.04 Å². The Labute approximate surface area is 161 Å². The molecule has 0 unspecified atom stereocenters. The molecule has 0 aromatic heterocycles. The first kappa shape index (κ1) is 19.7. The minimum absolute atomic E-state index is 0.124. The second kappa shape index (κ2) is 7.90. The minimum atomic E-state index is -1.05. The molecule has 2 N–H and O–H groups in total. The molecule has 0 aliphatic carbocycles. The van der Waals surface area contributed by atoms with Crippen LogP contribution in [0.1, 0.15) is 17.2 Å². The van der Waals surface area contributed by atoms with Crippen molar-refractivity contribution in [3.05, 3.63) is 76.9 Å². The Kier molecular flexibility index (Phi) is 5.56. The van der Waals surface area contributed by atoms with Gasteiger partial charge in [-0.15, -0.1) is 0 Å². The summed E-state index contributed by atoms with van der Waals surface area (Å²) < 4.78 is 27.8. The molecule has 3 rings (SSSR count). The van der Waals surface area contributed by atoms with Gasteiger partial charge in [-0.25, -0.2) is 8.78 Å². The van der Waals surface area contributed by atoms with Crippen molar-refractivity contribution in [2.75, 3.05) is 27.2 Å². The Balaban J connectivity index is 2.16. The van der Waals surface area contributed by atoms with Crippen LogP contribution in [0, 0.1) is 11.6 Å². The summed E-state index contributed by atoms with van der Waals surface area (Å²) in [5, 5.41) is 10.7. The Bertz CT molecular complexity index is 939. The van der Waals surface area contributed by atoms with Crippen molar-refractivity contribution in [2.24, 2.45) is 0 Å². The Morgan fingerprint density at radius 2 is 1.71 bits per heavy atom. The summed E-state index contributed by atoms with van der Waals surface area (Å²) in [5.74, 6) is -3.22. The summed E-state index contributed by atoms with van der Waals surface area (Å²) in [4.78, 5) is 27.7. The van der Waals surface area contributed by atoms with Gasteiger partial charge in [0.05, 0.1) is 38.8 Å². The van der Waals surface area contributed by atoms with Gasteiger partial charge in [0, 0.05) is 11.1 Å². The fourth-order valence-corrected chi connectivity index (χ4v) is 3.24. The zero-order chi connectivity index (χ0) is 20.4. The minimum Gasteiger partial charge on any atom is -0.507 e. The van der Waals surface area contributed by atoms with Crippen LogP contribution in [0.3, 0.4) is 0 Å². The molecule has 2 aromatic rings. The predicted molar refractivity (Wildman–Crippen MR) is 99.5 cm³/mol. The van der Waals surface area contributed by atoms with E-state index in [4.69, 9.17) is 0 Å². The van der Waals surface area contributed by atoms with Crippen LogP contribution in [0.2, 0.25) is 0 Å². The zero-order valence-corrected chi connectivity index (χ0v) is 15.6. The van der Waals surface area contributed by atoms with Crippen molar-refractivity contribution >= 4 is 17.4 Å². The van der Waals surface area contributed by atoms with Crippen molar-refractivity contribution in [1.82, 2.24) is 4.90 Å². The lowest BCUT2D eigenvalue weighted by atomic mass is 9.95. The van der Waals surface area contributed by atoms with Gasteiger partial charge in [0.2, 0.25) is 0 Å². The van der Waals surface area contributed by atoms with E-state index in [1.165, 1.54) is 35.2 Å². The lowest BCUT2D eigenvalue weighted by Crippen LogP contribution is -3.06. The van der Waals surface area contributed by atoms with Crippen LogP contribution >= 0.6 is 0 Å². The topological polar surface area (TPSA) is 62.0 Å². The lowest BCUT2D eigenvalue weighted by Gasteiger charge is -2.25. The molecule has 146 valence electrons. The number of halogens is 2. The summed E-state index contributed by atoms with van der Waals surface area (Å²) in [6.07, 6.45) is 0. The van der Waals surface area contributed by atoms with Crippen molar-refractivity contribution in [3.63, 3.8) is 0 Å². The van der Waals surface area contributed by atoms with Crippen LogP contribution in [-0.4, -0.2) is 48.9 Å². The molecule has 0 saturated carbocycles. The van der Waals surface area contributed by atoms with Gasteiger partial charge in [0.1, 0.15) is 17.4 Å². The molecule has 1 heterocycles. The van der Waals surface area contributed by atoms with E-state index in [1.54, 1.807) is 6.07 Å². The molecular formula is C21H21F2N2O3+. The second-order valence-electron chi connectivity index (χ2n) is 6.98. The maximum Gasteiger partial charge on any atom is 0.295 e. The molecule has 0 spiro atoms. The summed E-state index contributed by atoms with van der Waals surface area (Å²) >= 11 is 0. The predicted octanol–water partition coefficient (Wildman–Crippen LogP) is 1.53. The maximum absolute atomic E-state index is 14.6. The quantitative estimate of drug-likeness (QED) is 0.465. The Morgan fingerprint density at radius 3 is 2.32 bits per heavy atom. The molecule has 28 heavy (non-hydrogen) atoms. The maximum atomic E-state index is 14.6. The normalized spacial score (nSPS) is 18.9. The van der Waals surface area contributed by atoms with E-state index in [2.05, 4.69) is 0 Å². The number of ketones is 1. The molecule has 5 nitrogen and oxygen atoms in total. The van der Waals surface area contributed by atoms with Crippen LogP contribution in [0.4, 0.5) is 8.78 Å². The van der Waals surface area contributed by atoms with Crippen molar-refractivity contribution < 1.29 is 28.4 Å². The highest BCUT2D eigenvalue weighted by atomic mass is 19.1. The lowest BCUT2D eigenvalue weighted by molar-refractivity contribution is -0.857. The van der Waals surface area contributed by atoms with Crippen LogP contribution in [-0.2, 0) is 9.59 Å². The molecule has 1 aliphatic heterocycles. The van der Waals surface area contributed by atoms with Crippen molar-refractivity contribution in [1.29, 1.82) is 0 Å². The van der Waals surface area contributed by atoms with E-state index < -0.39 is 35.1 Å². The Morgan fingerprint density at radius 1 is 1.07 bits per heavy atom. The third kappa shape index (κ3) is 3.66. The summed E-state index contributed by atoms with van der Waals surface area (Å²) in [6, 6.07) is 9.68. The van der Waals surface area contributed by atoms with Gasteiger partial charge in [-0.05, 0) is 30.3 Å². The first-order valence-electron chi connectivity index (χ1n) is 8.89. The first-order valence-corrected chi connectivity index (χ1v) is 8.89. The van der Waals surface area contributed by atoms with E-state index >= 15 is 0 Å². The molecule has 1 aliphatic rings. The van der Waals surface area contributed by atoms with Crippen LogP contribution in [0.25, 0.3) is 5.76 Å². The Hall–Kier alpha value is -3.06. The number of carbonyl (C=O) groups is 2. The highest BCUT2D eigenvalue weighted by Gasteiger charge is 2.47. The highest BCUT2D eigenvalue weighted by Crippen LogP contribution is 2.39. The molecule has 2 aromatic carbocycles. The third-order valence-electron chi connectivity index (χ3n) is 4.71. The van der Waals surface area contributed by atoms with Gasteiger partial charge in [0.15, 0.2) is 0 Å². The number of carbonyl (C=O) groups excluding carboxylic acids is 2. The van der Waals surface area contributed by atoms with E-state index in [0.717, 1.165) is 17.0 Å². The molecule has 0 bridgehead atoms. The van der Waals surface area contributed by atoms with Crippen LogP contribution in [0.15, 0.2) is 54.1 Å². The first-order chi connectivity index (χ1) is 13.3. The largest absolute Gasteiger partial charge is 0.507 e. The number of Topliss-reactive ketones (excluding diaryl/α,β-unsaturated/α-hetero) is 1. The van der Waals surface area contributed by atoms with Gasteiger partial charge in [-0.1, -0.05) is 18.2 Å².